The molecule has 0 bridgehead atoms. The van der Waals surface area contributed by atoms with Gasteiger partial charge in [0.15, 0.2) is 5.65 Å². The first-order valence-corrected chi connectivity index (χ1v) is 6.12. The number of nitrogens with zero attached hydrogens (tertiary/aromatic N) is 5. The van der Waals surface area contributed by atoms with E-state index in [0.717, 1.165) is 38.4 Å². The van der Waals surface area contributed by atoms with Gasteiger partial charge in [-0.3, -0.25) is 0 Å². The Morgan fingerprint density at radius 3 is 3.06 bits per heavy atom. The summed E-state index contributed by atoms with van der Waals surface area (Å²) in [5.74, 6) is 0.794. The summed E-state index contributed by atoms with van der Waals surface area (Å²) in [7, 11) is 0. The molecule has 0 saturated carbocycles. The van der Waals surface area contributed by atoms with Gasteiger partial charge in [0.25, 0.3) is 0 Å². The second-order valence-corrected chi connectivity index (χ2v) is 5.02. The van der Waals surface area contributed by atoms with Crippen molar-refractivity contribution in [2.45, 2.75) is 19.8 Å². The second-order valence-electron chi connectivity index (χ2n) is 5.02. The maximum absolute atomic E-state index is 5.39. The van der Waals surface area contributed by atoms with Crippen molar-refractivity contribution in [2.75, 3.05) is 25.1 Å². The van der Waals surface area contributed by atoms with E-state index in [1.54, 1.807) is 0 Å². The number of anilines is 1. The smallest absolute Gasteiger partial charge is 0.200 e. The predicted molar refractivity (Wildman–Crippen MR) is 65.2 cm³/mol. The average Bonchev–Trinajstić information content (AvgIpc) is 2.85. The van der Waals surface area contributed by atoms with Crippen molar-refractivity contribution in [1.82, 2.24) is 25.3 Å². The molecule has 0 spiro atoms. The van der Waals surface area contributed by atoms with Crippen molar-refractivity contribution in [1.29, 1.82) is 0 Å². The summed E-state index contributed by atoms with van der Waals surface area (Å²) in [5, 5.41) is 18.8. The quantitative estimate of drug-likeness (QED) is 0.863. The zero-order valence-electron chi connectivity index (χ0n) is 10.3. The van der Waals surface area contributed by atoms with Crippen LogP contribution in [0.25, 0.3) is 5.65 Å². The summed E-state index contributed by atoms with van der Waals surface area (Å²) in [5.41, 5.74) is 0.924. The summed E-state index contributed by atoms with van der Waals surface area (Å²) < 4.78 is 6.82. The highest BCUT2D eigenvalue weighted by atomic mass is 16.5. The molecule has 96 valence electrons. The van der Waals surface area contributed by atoms with E-state index >= 15 is 0 Å². The van der Waals surface area contributed by atoms with E-state index in [-0.39, 0.29) is 5.41 Å². The fraction of sp³-hybridized carbons (Fsp3) is 0.636. The molecule has 0 aromatic carbocycles. The monoisotopic (exact) mass is 248 g/mol. The molecule has 1 N–H and O–H groups in total. The van der Waals surface area contributed by atoms with Crippen molar-refractivity contribution < 1.29 is 4.74 Å². The lowest BCUT2D eigenvalue weighted by Crippen LogP contribution is -2.33. The van der Waals surface area contributed by atoms with E-state index in [1.807, 2.05) is 12.1 Å². The molecule has 1 aliphatic heterocycles. The van der Waals surface area contributed by atoms with Crippen LogP contribution in [0.15, 0.2) is 12.1 Å². The number of fused-ring (bicyclic) bond motifs is 1. The average molecular weight is 248 g/mol. The van der Waals surface area contributed by atoms with Crippen LogP contribution in [0.1, 0.15) is 19.8 Å². The van der Waals surface area contributed by atoms with Gasteiger partial charge < -0.3 is 10.1 Å². The Morgan fingerprint density at radius 1 is 1.39 bits per heavy atom. The lowest BCUT2D eigenvalue weighted by atomic mass is 9.82. The molecule has 0 unspecified atom stereocenters. The Bertz CT molecular complexity index is 533. The van der Waals surface area contributed by atoms with Crippen LogP contribution in [-0.2, 0) is 4.74 Å². The number of nitrogens with one attached hydrogen (secondary N) is 1. The molecule has 1 aliphatic rings. The van der Waals surface area contributed by atoms with E-state index in [0.29, 0.717) is 5.65 Å². The standard InChI is InChI=1S/C11H16N6O/c1-11(4-6-18-7-5-11)8-12-9-2-3-10-13-15-16-17(10)14-9/h2-3H,4-8H2,1H3,(H,12,14). The molecule has 7 heteroatoms. The normalized spacial score (nSPS) is 18.9. The number of hydrogen-bond acceptors (Lipinski definition) is 6. The molecule has 2 aromatic heterocycles. The number of ether oxygens (including phenoxy) is 1. The van der Waals surface area contributed by atoms with Crippen molar-refractivity contribution >= 4 is 11.5 Å². The second kappa shape index (κ2) is 4.49. The Hall–Kier alpha value is -1.76. The molecule has 0 aliphatic carbocycles. The van der Waals surface area contributed by atoms with Crippen LogP contribution in [0.5, 0.6) is 0 Å². The third kappa shape index (κ3) is 2.26. The van der Waals surface area contributed by atoms with Gasteiger partial charge in [-0.05, 0) is 40.8 Å². The lowest BCUT2D eigenvalue weighted by Gasteiger charge is -2.33. The topological polar surface area (TPSA) is 77.2 Å². The van der Waals surface area contributed by atoms with Crippen LogP contribution in [0.4, 0.5) is 5.82 Å². The number of tetrazole rings is 1. The minimum atomic E-state index is 0.273. The molecule has 3 heterocycles. The van der Waals surface area contributed by atoms with Gasteiger partial charge in [-0.25, -0.2) is 0 Å². The Balaban J connectivity index is 1.68. The van der Waals surface area contributed by atoms with E-state index in [2.05, 4.69) is 32.9 Å². The Labute approximate surface area is 105 Å². The molecule has 0 atom stereocenters. The van der Waals surface area contributed by atoms with Gasteiger partial charge in [0, 0.05) is 19.8 Å². The first-order valence-electron chi connectivity index (χ1n) is 6.12. The van der Waals surface area contributed by atoms with E-state index in [4.69, 9.17) is 4.74 Å². The predicted octanol–water partition coefficient (Wildman–Crippen LogP) is 0.748. The maximum atomic E-state index is 5.39. The van der Waals surface area contributed by atoms with Crippen molar-refractivity contribution in [3.8, 4) is 0 Å². The fourth-order valence-corrected chi connectivity index (χ4v) is 2.09. The summed E-state index contributed by atoms with van der Waals surface area (Å²) in [6, 6.07) is 3.75. The minimum absolute atomic E-state index is 0.273. The highest BCUT2D eigenvalue weighted by Crippen LogP contribution is 2.29. The highest BCUT2D eigenvalue weighted by Gasteiger charge is 2.27. The van der Waals surface area contributed by atoms with Gasteiger partial charge in [0.2, 0.25) is 0 Å². The third-order valence-corrected chi connectivity index (χ3v) is 3.47. The summed E-state index contributed by atoms with van der Waals surface area (Å²) >= 11 is 0. The van der Waals surface area contributed by atoms with Crippen LogP contribution in [0, 0.1) is 5.41 Å². The molecule has 7 nitrogen and oxygen atoms in total. The zero-order chi connectivity index (χ0) is 12.4. The fourth-order valence-electron chi connectivity index (χ4n) is 2.09. The van der Waals surface area contributed by atoms with Gasteiger partial charge in [-0.1, -0.05) is 6.92 Å². The molecular formula is C11H16N6O. The molecule has 18 heavy (non-hydrogen) atoms. The number of hydrogen-bond donors (Lipinski definition) is 1. The molecule has 1 fully saturated rings. The van der Waals surface area contributed by atoms with Crippen molar-refractivity contribution in [3.05, 3.63) is 12.1 Å². The first-order chi connectivity index (χ1) is 8.75. The van der Waals surface area contributed by atoms with Gasteiger partial charge >= 0.3 is 0 Å². The van der Waals surface area contributed by atoms with Crippen LogP contribution >= 0.6 is 0 Å². The highest BCUT2D eigenvalue weighted by molar-refractivity contribution is 5.42. The molecule has 2 aromatic rings. The molecule has 3 rings (SSSR count). The minimum Gasteiger partial charge on any atom is -0.381 e. The first kappa shape index (κ1) is 11.3. The molecular weight excluding hydrogens is 232 g/mol. The van der Waals surface area contributed by atoms with Gasteiger partial charge in [-0.15, -0.1) is 14.8 Å². The van der Waals surface area contributed by atoms with Crippen LogP contribution in [0.3, 0.4) is 0 Å². The summed E-state index contributed by atoms with van der Waals surface area (Å²) in [6.07, 6.45) is 2.15. The van der Waals surface area contributed by atoms with Gasteiger partial charge in [-0.2, -0.15) is 0 Å². The van der Waals surface area contributed by atoms with Crippen LogP contribution in [0.2, 0.25) is 0 Å². The third-order valence-electron chi connectivity index (χ3n) is 3.47. The zero-order valence-corrected chi connectivity index (χ0v) is 10.3. The largest absolute Gasteiger partial charge is 0.381 e. The molecule has 0 radical (unpaired) electrons. The molecule has 0 amide bonds. The summed E-state index contributed by atoms with van der Waals surface area (Å²) in [6.45, 7) is 4.85. The van der Waals surface area contributed by atoms with Crippen molar-refractivity contribution in [3.63, 3.8) is 0 Å². The molecule has 1 saturated heterocycles. The van der Waals surface area contributed by atoms with E-state index in [1.165, 1.54) is 4.63 Å². The lowest BCUT2D eigenvalue weighted by molar-refractivity contribution is 0.0299. The van der Waals surface area contributed by atoms with Crippen LogP contribution < -0.4 is 5.32 Å². The maximum Gasteiger partial charge on any atom is 0.200 e. The van der Waals surface area contributed by atoms with Crippen molar-refractivity contribution in [2.24, 2.45) is 5.41 Å². The van der Waals surface area contributed by atoms with Gasteiger partial charge in [0.05, 0.1) is 0 Å². The van der Waals surface area contributed by atoms with E-state index in [9.17, 15) is 0 Å². The summed E-state index contributed by atoms with van der Waals surface area (Å²) in [4.78, 5) is 0. The van der Waals surface area contributed by atoms with Gasteiger partial charge in [0.1, 0.15) is 5.82 Å². The van der Waals surface area contributed by atoms with E-state index < -0.39 is 0 Å². The Morgan fingerprint density at radius 2 is 2.22 bits per heavy atom. The Kier molecular flexibility index (Phi) is 2.83. The SMILES string of the molecule is CC1(CNc2ccc3nnnn3n2)CCOCC1. The number of aromatic nitrogens is 5. The number of rotatable bonds is 3. The van der Waals surface area contributed by atoms with Crippen LogP contribution in [-0.4, -0.2) is 45.0 Å².